The van der Waals surface area contributed by atoms with Crippen molar-refractivity contribution in [1.29, 1.82) is 0 Å². The number of rotatable bonds is 5. The lowest BCUT2D eigenvalue weighted by Gasteiger charge is -2.29. The molecule has 2 rings (SSSR count). The summed E-state index contributed by atoms with van der Waals surface area (Å²) in [7, 11) is 0. The van der Waals surface area contributed by atoms with E-state index in [1.54, 1.807) is 25.1 Å². The first-order chi connectivity index (χ1) is 9.56. The van der Waals surface area contributed by atoms with Gasteiger partial charge < -0.3 is 10.4 Å². The molecule has 1 fully saturated rings. The normalized spacial score (nSPS) is 18.8. The zero-order valence-corrected chi connectivity index (χ0v) is 11.9. The molecule has 0 aliphatic heterocycles. The van der Waals surface area contributed by atoms with Crippen molar-refractivity contribution in [3.8, 4) is 0 Å². The molecule has 1 aliphatic carbocycles. The maximum atomic E-state index is 13.6. The Balaban J connectivity index is 1.97. The van der Waals surface area contributed by atoms with E-state index < -0.39 is 5.54 Å². The molecule has 4 heteroatoms. The van der Waals surface area contributed by atoms with Gasteiger partial charge in [0.15, 0.2) is 0 Å². The van der Waals surface area contributed by atoms with E-state index in [1.807, 2.05) is 0 Å². The third-order valence-corrected chi connectivity index (χ3v) is 4.18. The van der Waals surface area contributed by atoms with Gasteiger partial charge >= 0.3 is 0 Å². The average Bonchev–Trinajstić information content (AvgIpc) is 2.90. The Kier molecular flexibility index (Phi) is 4.76. The topological polar surface area (TPSA) is 49.3 Å². The van der Waals surface area contributed by atoms with E-state index in [0.29, 0.717) is 12.0 Å². The summed E-state index contributed by atoms with van der Waals surface area (Å²) in [5.74, 6) is -0.690. The summed E-state index contributed by atoms with van der Waals surface area (Å²) in [6.07, 6.45) is 4.08. The molecular weight excluding hydrogens is 257 g/mol. The zero-order valence-electron chi connectivity index (χ0n) is 11.9. The molecule has 0 saturated heterocycles. The lowest BCUT2D eigenvalue weighted by molar-refractivity contribution is -0.127. The lowest BCUT2D eigenvalue weighted by Crippen LogP contribution is -2.51. The van der Waals surface area contributed by atoms with E-state index in [1.165, 1.54) is 6.07 Å². The molecule has 2 N–H and O–H groups in total. The third-order valence-electron chi connectivity index (χ3n) is 4.18. The molecule has 110 valence electrons. The van der Waals surface area contributed by atoms with Gasteiger partial charge in [-0.05, 0) is 30.9 Å². The fraction of sp³-hybridized carbons (Fsp3) is 0.562. The van der Waals surface area contributed by atoms with Gasteiger partial charge in [-0.2, -0.15) is 0 Å². The van der Waals surface area contributed by atoms with Crippen LogP contribution < -0.4 is 5.32 Å². The zero-order chi connectivity index (χ0) is 14.6. The van der Waals surface area contributed by atoms with E-state index in [-0.39, 0.29) is 24.2 Å². The standard InChI is InChI=1S/C16H22FNO2/c1-12(10-13-6-2-3-7-14(13)17)15(20)18-16(11-19)8-4-5-9-16/h2-3,6-7,12,19H,4-5,8-11H2,1H3,(H,18,20). The molecule has 1 unspecified atom stereocenters. The van der Waals surface area contributed by atoms with Crippen molar-refractivity contribution in [1.82, 2.24) is 5.32 Å². The Morgan fingerprint density at radius 1 is 1.40 bits per heavy atom. The largest absolute Gasteiger partial charge is 0.394 e. The van der Waals surface area contributed by atoms with Crippen molar-refractivity contribution in [2.45, 2.75) is 44.6 Å². The first-order valence-corrected chi connectivity index (χ1v) is 7.23. The summed E-state index contributed by atoms with van der Waals surface area (Å²) in [5.41, 5.74) is 0.0974. The molecule has 0 spiro atoms. The van der Waals surface area contributed by atoms with E-state index in [9.17, 15) is 14.3 Å². The first-order valence-electron chi connectivity index (χ1n) is 7.23. The molecule has 1 saturated carbocycles. The van der Waals surface area contributed by atoms with Crippen LogP contribution in [0.4, 0.5) is 4.39 Å². The monoisotopic (exact) mass is 279 g/mol. The van der Waals surface area contributed by atoms with Crippen LogP contribution in [0, 0.1) is 11.7 Å². The van der Waals surface area contributed by atoms with Crippen molar-refractivity contribution < 1.29 is 14.3 Å². The predicted octanol–water partition coefficient (Wildman–Crippen LogP) is 2.43. The second kappa shape index (κ2) is 6.35. The Morgan fingerprint density at radius 2 is 2.05 bits per heavy atom. The second-order valence-electron chi connectivity index (χ2n) is 5.83. The van der Waals surface area contributed by atoms with Gasteiger partial charge in [0.05, 0.1) is 12.1 Å². The summed E-state index contributed by atoms with van der Waals surface area (Å²) in [5, 5.41) is 12.5. The highest BCUT2D eigenvalue weighted by atomic mass is 19.1. The van der Waals surface area contributed by atoms with Gasteiger partial charge in [0.25, 0.3) is 0 Å². The second-order valence-corrected chi connectivity index (χ2v) is 5.83. The van der Waals surface area contributed by atoms with Crippen LogP contribution in [0.5, 0.6) is 0 Å². The molecule has 1 amide bonds. The number of halogens is 1. The summed E-state index contributed by atoms with van der Waals surface area (Å²) >= 11 is 0. The molecule has 0 bridgehead atoms. The molecular formula is C16H22FNO2. The van der Waals surface area contributed by atoms with Crippen LogP contribution in [0.25, 0.3) is 0 Å². The Hall–Kier alpha value is -1.42. The fourth-order valence-electron chi connectivity index (χ4n) is 2.85. The molecule has 0 radical (unpaired) electrons. The summed E-state index contributed by atoms with van der Waals surface area (Å²) in [6.45, 7) is 1.77. The van der Waals surface area contributed by atoms with E-state index in [0.717, 1.165) is 25.7 Å². The third kappa shape index (κ3) is 3.37. The molecule has 1 aromatic carbocycles. The molecule has 1 aromatic rings. The molecule has 0 aromatic heterocycles. The van der Waals surface area contributed by atoms with Crippen molar-refractivity contribution >= 4 is 5.91 Å². The van der Waals surface area contributed by atoms with Crippen LogP contribution in [0.2, 0.25) is 0 Å². The summed E-state index contributed by atoms with van der Waals surface area (Å²) < 4.78 is 13.6. The van der Waals surface area contributed by atoms with Crippen LogP contribution in [-0.4, -0.2) is 23.2 Å². The van der Waals surface area contributed by atoms with Gasteiger partial charge in [-0.3, -0.25) is 4.79 Å². The Morgan fingerprint density at radius 3 is 2.65 bits per heavy atom. The number of aliphatic hydroxyl groups is 1. The highest BCUT2D eigenvalue weighted by Crippen LogP contribution is 2.29. The lowest BCUT2D eigenvalue weighted by atomic mass is 9.95. The minimum atomic E-state index is -0.458. The number of carbonyl (C=O) groups is 1. The van der Waals surface area contributed by atoms with E-state index >= 15 is 0 Å². The first kappa shape index (κ1) is 15.0. The molecule has 1 aliphatic rings. The van der Waals surface area contributed by atoms with Gasteiger partial charge in [0, 0.05) is 5.92 Å². The molecule has 20 heavy (non-hydrogen) atoms. The highest BCUT2D eigenvalue weighted by Gasteiger charge is 2.35. The maximum Gasteiger partial charge on any atom is 0.223 e. The molecule has 3 nitrogen and oxygen atoms in total. The van der Waals surface area contributed by atoms with Crippen LogP contribution in [0.1, 0.15) is 38.2 Å². The Labute approximate surface area is 119 Å². The van der Waals surface area contributed by atoms with E-state index in [4.69, 9.17) is 0 Å². The van der Waals surface area contributed by atoms with Crippen molar-refractivity contribution in [3.63, 3.8) is 0 Å². The summed E-state index contributed by atoms with van der Waals surface area (Å²) in [6, 6.07) is 6.53. The molecule has 0 heterocycles. The SMILES string of the molecule is CC(Cc1ccccc1F)C(=O)NC1(CO)CCCC1. The fourth-order valence-corrected chi connectivity index (χ4v) is 2.85. The predicted molar refractivity (Wildman–Crippen MR) is 75.7 cm³/mol. The van der Waals surface area contributed by atoms with Gasteiger partial charge in [-0.1, -0.05) is 38.0 Å². The number of hydrogen-bond donors (Lipinski definition) is 2. The Bertz CT molecular complexity index is 469. The summed E-state index contributed by atoms with van der Waals surface area (Å²) in [4.78, 5) is 12.2. The minimum Gasteiger partial charge on any atom is -0.394 e. The van der Waals surface area contributed by atoms with Crippen molar-refractivity contribution in [3.05, 3.63) is 35.6 Å². The quantitative estimate of drug-likeness (QED) is 0.869. The van der Waals surface area contributed by atoms with Crippen LogP contribution in [0.15, 0.2) is 24.3 Å². The highest BCUT2D eigenvalue weighted by molar-refractivity contribution is 5.79. The number of nitrogens with one attached hydrogen (secondary N) is 1. The van der Waals surface area contributed by atoms with Crippen LogP contribution >= 0.6 is 0 Å². The smallest absolute Gasteiger partial charge is 0.223 e. The number of aliphatic hydroxyl groups excluding tert-OH is 1. The number of carbonyl (C=O) groups excluding carboxylic acids is 1. The molecule has 1 atom stereocenters. The van der Waals surface area contributed by atoms with Gasteiger partial charge in [-0.15, -0.1) is 0 Å². The minimum absolute atomic E-state index is 0.0227. The number of amides is 1. The number of benzene rings is 1. The van der Waals surface area contributed by atoms with Crippen molar-refractivity contribution in [2.75, 3.05) is 6.61 Å². The van der Waals surface area contributed by atoms with Crippen molar-refractivity contribution in [2.24, 2.45) is 5.92 Å². The van der Waals surface area contributed by atoms with Crippen LogP contribution in [0.3, 0.4) is 0 Å². The van der Waals surface area contributed by atoms with Gasteiger partial charge in [0.2, 0.25) is 5.91 Å². The van der Waals surface area contributed by atoms with Gasteiger partial charge in [0.1, 0.15) is 5.82 Å². The van der Waals surface area contributed by atoms with Gasteiger partial charge in [-0.25, -0.2) is 4.39 Å². The van der Waals surface area contributed by atoms with Crippen LogP contribution in [-0.2, 0) is 11.2 Å². The average molecular weight is 279 g/mol. The maximum absolute atomic E-state index is 13.6. The number of hydrogen-bond acceptors (Lipinski definition) is 2. The van der Waals surface area contributed by atoms with E-state index in [2.05, 4.69) is 5.32 Å².